The second-order valence-corrected chi connectivity index (χ2v) is 5.61. The maximum Gasteiger partial charge on any atom is 0.123 e. The van der Waals surface area contributed by atoms with Crippen LogP contribution in [0.4, 0.5) is 4.39 Å². The van der Waals surface area contributed by atoms with E-state index >= 15 is 0 Å². The molecule has 2 rings (SSSR count). The van der Waals surface area contributed by atoms with Crippen LogP contribution in [0.5, 0.6) is 0 Å². The Balaban J connectivity index is 1.77. The minimum Gasteiger partial charge on any atom is -0.311 e. The van der Waals surface area contributed by atoms with Crippen LogP contribution in [0.1, 0.15) is 32.3 Å². The van der Waals surface area contributed by atoms with Gasteiger partial charge in [-0.2, -0.15) is 0 Å². The summed E-state index contributed by atoms with van der Waals surface area (Å²) >= 11 is 0. The second-order valence-electron chi connectivity index (χ2n) is 5.61. The number of halogens is 1. The molecule has 1 atom stereocenters. The molecule has 1 aromatic carbocycles. The molecule has 0 spiro atoms. The molecule has 106 valence electrons. The Morgan fingerprint density at radius 3 is 2.74 bits per heavy atom. The van der Waals surface area contributed by atoms with Gasteiger partial charge in [-0.1, -0.05) is 19.1 Å². The number of benzene rings is 1. The van der Waals surface area contributed by atoms with Gasteiger partial charge < -0.3 is 10.2 Å². The molecular weight excluding hydrogens is 239 g/mol. The van der Waals surface area contributed by atoms with E-state index in [1.807, 2.05) is 6.07 Å². The van der Waals surface area contributed by atoms with Gasteiger partial charge in [-0.05, 0) is 63.5 Å². The highest BCUT2D eigenvalue weighted by Crippen LogP contribution is 2.12. The largest absolute Gasteiger partial charge is 0.311 e. The zero-order valence-electron chi connectivity index (χ0n) is 12.0. The van der Waals surface area contributed by atoms with Gasteiger partial charge in [0, 0.05) is 12.1 Å². The molecule has 1 aliphatic heterocycles. The van der Waals surface area contributed by atoms with Crippen molar-refractivity contribution in [1.29, 1.82) is 0 Å². The molecule has 0 aromatic heterocycles. The lowest BCUT2D eigenvalue weighted by atomic mass is 10.0. The SMILES string of the molecule is CCN1CCC(NC(C)Cc2cccc(F)c2)CC1. The Morgan fingerprint density at radius 1 is 1.37 bits per heavy atom. The lowest BCUT2D eigenvalue weighted by Crippen LogP contribution is -2.45. The van der Waals surface area contributed by atoms with E-state index in [-0.39, 0.29) is 5.82 Å². The molecular formula is C16H25FN2. The van der Waals surface area contributed by atoms with Crippen molar-refractivity contribution < 1.29 is 4.39 Å². The lowest BCUT2D eigenvalue weighted by Gasteiger charge is -2.33. The molecule has 2 nitrogen and oxygen atoms in total. The molecule has 1 N–H and O–H groups in total. The summed E-state index contributed by atoms with van der Waals surface area (Å²) in [5, 5.41) is 3.68. The first-order valence-corrected chi connectivity index (χ1v) is 7.40. The topological polar surface area (TPSA) is 15.3 Å². The first-order valence-electron chi connectivity index (χ1n) is 7.40. The summed E-state index contributed by atoms with van der Waals surface area (Å²) in [6.45, 7) is 7.96. The Morgan fingerprint density at radius 2 is 2.11 bits per heavy atom. The van der Waals surface area contributed by atoms with E-state index < -0.39 is 0 Å². The average molecular weight is 264 g/mol. The Hall–Kier alpha value is -0.930. The minimum absolute atomic E-state index is 0.138. The van der Waals surface area contributed by atoms with E-state index in [0.29, 0.717) is 12.1 Å². The Bertz CT molecular complexity index is 386. The van der Waals surface area contributed by atoms with Crippen LogP contribution >= 0.6 is 0 Å². The first kappa shape index (κ1) is 14.5. The zero-order valence-corrected chi connectivity index (χ0v) is 12.0. The molecule has 1 heterocycles. The van der Waals surface area contributed by atoms with Crippen molar-refractivity contribution in [3.05, 3.63) is 35.6 Å². The van der Waals surface area contributed by atoms with Crippen molar-refractivity contribution in [2.24, 2.45) is 0 Å². The third-order valence-corrected chi connectivity index (χ3v) is 3.99. The number of likely N-dealkylation sites (tertiary alicyclic amines) is 1. The van der Waals surface area contributed by atoms with Crippen LogP contribution in [0.3, 0.4) is 0 Å². The van der Waals surface area contributed by atoms with Crippen LogP contribution in [0.15, 0.2) is 24.3 Å². The van der Waals surface area contributed by atoms with Gasteiger partial charge >= 0.3 is 0 Å². The molecule has 1 aromatic rings. The van der Waals surface area contributed by atoms with Crippen molar-refractivity contribution in [3.63, 3.8) is 0 Å². The molecule has 0 amide bonds. The van der Waals surface area contributed by atoms with E-state index in [1.54, 1.807) is 12.1 Å². The van der Waals surface area contributed by atoms with Crippen LogP contribution in [-0.2, 0) is 6.42 Å². The maximum absolute atomic E-state index is 13.1. The number of nitrogens with one attached hydrogen (secondary N) is 1. The molecule has 1 saturated heterocycles. The van der Waals surface area contributed by atoms with Crippen molar-refractivity contribution in [3.8, 4) is 0 Å². The summed E-state index contributed by atoms with van der Waals surface area (Å²) in [6, 6.07) is 7.95. The molecule has 3 heteroatoms. The Kier molecular flexibility index (Phi) is 5.34. The molecule has 0 bridgehead atoms. The molecule has 1 unspecified atom stereocenters. The molecule has 1 aliphatic rings. The van der Waals surface area contributed by atoms with Gasteiger partial charge in [0.25, 0.3) is 0 Å². The van der Waals surface area contributed by atoms with Crippen molar-refractivity contribution >= 4 is 0 Å². The fourth-order valence-electron chi connectivity index (χ4n) is 2.89. The van der Waals surface area contributed by atoms with Gasteiger partial charge in [0.2, 0.25) is 0 Å². The highest BCUT2D eigenvalue weighted by Gasteiger charge is 2.19. The summed E-state index contributed by atoms with van der Waals surface area (Å²) in [6.07, 6.45) is 3.34. The summed E-state index contributed by atoms with van der Waals surface area (Å²) in [5.41, 5.74) is 1.07. The van der Waals surface area contributed by atoms with Crippen LogP contribution < -0.4 is 5.32 Å². The van der Waals surface area contributed by atoms with Crippen molar-refractivity contribution in [2.75, 3.05) is 19.6 Å². The number of hydrogen-bond acceptors (Lipinski definition) is 2. The quantitative estimate of drug-likeness (QED) is 0.880. The van der Waals surface area contributed by atoms with E-state index in [4.69, 9.17) is 0 Å². The van der Waals surface area contributed by atoms with Gasteiger partial charge in [-0.25, -0.2) is 4.39 Å². The minimum atomic E-state index is -0.138. The summed E-state index contributed by atoms with van der Waals surface area (Å²) in [4.78, 5) is 2.50. The van der Waals surface area contributed by atoms with Gasteiger partial charge in [-0.15, -0.1) is 0 Å². The number of rotatable bonds is 5. The number of piperidine rings is 1. The van der Waals surface area contributed by atoms with Gasteiger partial charge in [0.15, 0.2) is 0 Å². The van der Waals surface area contributed by atoms with Crippen LogP contribution in [0.25, 0.3) is 0 Å². The van der Waals surface area contributed by atoms with Gasteiger partial charge in [0.1, 0.15) is 5.82 Å². The normalized spacial score (nSPS) is 19.5. The molecule has 0 saturated carbocycles. The standard InChI is InChI=1S/C16H25FN2/c1-3-19-9-7-16(8-10-19)18-13(2)11-14-5-4-6-15(17)12-14/h4-6,12-13,16,18H,3,7-11H2,1-2H3. The fourth-order valence-corrected chi connectivity index (χ4v) is 2.89. The van der Waals surface area contributed by atoms with Crippen molar-refractivity contribution in [2.45, 2.75) is 45.2 Å². The van der Waals surface area contributed by atoms with Crippen molar-refractivity contribution in [1.82, 2.24) is 10.2 Å². The fraction of sp³-hybridized carbons (Fsp3) is 0.625. The molecule has 0 aliphatic carbocycles. The third-order valence-electron chi connectivity index (χ3n) is 3.99. The van der Waals surface area contributed by atoms with E-state index in [2.05, 4.69) is 24.1 Å². The number of hydrogen-bond donors (Lipinski definition) is 1. The predicted octanol–water partition coefficient (Wildman–Crippen LogP) is 2.83. The predicted molar refractivity (Wildman–Crippen MR) is 77.8 cm³/mol. The zero-order chi connectivity index (χ0) is 13.7. The highest BCUT2D eigenvalue weighted by atomic mass is 19.1. The lowest BCUT2D eigenvalue weighted by molar-refractivity contribution is 0.200. The third kappa shape index (κ3) is 4.59. The summed E-state index contributed by atoms with van der Waals surface area (Å²) in [7, 11) is 0. The van der Waals surface area contributed by atoms with Gasteiger partial charge in [-0.3, -0.25) is 0 Å². The Labute approximate surface area is 116 Å². The average Bonchev–Trinajstić information content (AvgIpc) is 2.39. The van der Waals surface area contributed by atoms with E-state index in [0.717, 1.165) is 18.5 Å². The van der Waals surface area contributed by atoms with E-state index in [1.165, 1.54) is 32.0 Å². The monoisotopic (exact) mass is 264 g/mol. The summed E-state index contributed by atoms with van der Waals surface area (Å²) < 4.78 is 13.1. The molecule has 1 fully saturated rings. The van der Waals surface area contributed by atoms with E-state index in [9.17, 15) is 4.39 Å². The van der Waals surface area contributed by atoms with Crippen LogP contribution in [-0.4, -0.2) is 36.6 Å². The smallest absolute Gasteiger partial charge is 0.123 e. The first-order chi connectivity index (χ1) is 9.17. The number of nitrogens with zero attached hydrogens (tertiary/aromatic N) is 1. The summed E-state index contributed by atoms with van der Waals surface area (Å²) in [5.74, 6) is -0.138. The molecule has 0 radical (unpaired) electrons. The second kappa shape index (κ2) is 7.01. The van der Waals surface area contributed by atoms with Crippen LogP contribution in [0, 0.1) is 5.82 Å². The van der Waals surface area contributed by atoms with Gasteiger partial charge in [0.05, 0.1) is 0 Å². The maximum atomic E-state index is 13.1. The molecule has 19 heavy (non-hydrogen) atoms. The highest BCUT2D eigenvalue weighted by molar-refractivity contribution is 5.17. The van der Waals surface area contributed by atoms with Crippen LogP contribution in [0.2, 0.25) is 0 Å².